The third-order valence-electron chi connectivity index (χ3n) is 9.23. The largest absolute Gasteiger partial charge is 0.442 e. The van der Waals surface area contributed by atoms with E-state index in [0.717, 1.165) is 50.8 Å². The van der Waals surface area contributed by atoms with E-state index in [1.54, 1.807) is 13.0 Å². The van der Waals surface area contributed by atoms with E-state index >= 15 is 0 Å². The van der Waals surface area contributed by atoms with E-state index < -0.39 is 24.7 Å². The van der Waals surface area contributed by atoms with Crippen molar-refractivity contribution in [1.82, 2.24) is 19.7 Å². The molecule has 0 radical (unpaired) electrons. The van der Waals surface area contributed by atoms with Crippen molar-refractivity contribution in [2.75, 3.05) is 39.3 Å². The van der Waals surface area contributed by atoms with Crippen LogP contribution in [0.1, 0.15) is 86.1 Å². The number of amides is 2. The Kier molecular flexibility index (Phi) is 8.79. The molecule has 0 aliphatic carbocycles. The van der Waals surface area contributed by atoms with E-state index in [0.29, 0.717) is 49.4 Å². The zero-order valence-corrected chi connectivity index (χ0v) is 23.6. The average molecular weight is 546 g/mol. The highest BCUT2D eigenvalue weighted by Gasteiger charge is 2.51. The summed E-state index contributed by atoms with van der Waals surface area (Å²) in [5, 5.41) is 9.17. The minimum Gasteiger partial charge on any atom is -0.442 e. The highest BCUT2D eigenvalue weighted by Crippen LogP contribution is 2.43. The Morgan fingerprint density at radius 3 is 2.44 bits per heavy atom. The highest BCUT2D eigenvalue weighted by atomic mass is 19.3. The number of aryl methyl sites for hydroxylation is 2. The molecule has 8 nitrogen and oxygen atoms in total. The Morgan fingerprint density at radius 1 is 1.21 bits per heavy atom. The van der Waals surface area contributed by atoms with Crippen LogP contribution >= 0.6 is 0 Å². The summed E-state index contributed by atoms with van der Waals surface area (Å²) in [4.78, 5) is 35.8. The molecule has 2 amide bonds. The van der Waals surface area contributed by atoms with Crippen LogP contribution in [-0.2, 0) is 4.74 Å². The van der Waals surface area contributed by atoms with Crippen LogP contribution in [0.4, 0.5) is 13.6 Å². The number of aromatic nitrogens is 1. The maximum atomic E-state index is 13.4. The lowest BCUT2D eigenvalue weighted by atomic mass is 9.74. The Hall–Kier alpha value is -2.80. The van der Waals surface area contributed by atoms with Gasteiger partial charge in [0.2, 0.25) is 0 Å². The molecule has 3 fully saturated rings. The molecule has 1 aromatic heterocycles. The van der Waals surface area contributed by atoms with Crippen molar-refractivity contribution < 1.29 is 23.1 Å². The number of pyridine rings is 1. The van der Waals surface area contributed by atoms with Gasteiger partial charge in [-0.25, -0.2) is 18.6 Å². The number of likely N-dealkylation sites (tertiary alicyclic amines) is 2. The smallest absolute Gasteiger partial charge is 0.410 e. The second-order valence-electron chi connectivity index (χ2n) is 11.7. The number of nitrogens with zero attached hydrogens (tertiary/aromatic N) is 5. The average Bonchev–Trinajstić information content (AvgIpc) is 2.89. The Labute approximate surface area is 230 Å². The number of hydrogen-bond acceptors (Lipinski definition) is 6. The van der Waals surface area contributed by atoms with Gasteiger partial charge < -0.3 is 14.5 Å². The summed E-state index contributed by atoms with van der Waals surface area (Å²) in [5.74, 6) is 0.0127. The number of rotatable bonds is 7. The minimum absolute atomic E-state index is 0.0390. The number of piperidine rings is 2. The second-order valence-corrected chi connectivity index (χ2v) is 11.7. The van der Waals surface area contributed by atoms with Crippen LogP contribution in [0, 0.1) is 31.1 Å². The van der Waals surface area contributed by atoms with Gasteiger partial charge in [0.1, 0.15) is 17.4 Å². The molecule has 3 saturated heterocycles. The van der Waals surface area contributed by atoms with Crippen molar-refractivity contribution in [1.29, 1.82) is 5.26 Å². The van der Waals surface area contributed by atoms with Gasteiger partial charge in [0.15, 0.2) is 0 Å². The SMILES string of the molecule is CCCCC1CN(CC(F)F)C(=O)OC12CCN(C1(C)CCN(C(=O)c3c(C)cc(C#N)nc3C)CC1)CC2. The van der Waals surface area contributed by atoms with Crippen LogP contribution in [0.3, 0.4) is 0 Å². The van der Waals surface area contributed by atoms with Gasteiger partial charge in [0, 0.05) is 57.0 Å². The van der Waals surface area contributed by atoms with Gasteiger partial charge in [-0.05, 0) is 51.7 Å². The van der Waals surface area contributed by atoms with Gasteiger partial charge in [-0.3, -0.25) is 9.69 Å². The maximum Gasteiger partial charge on any atom is 0.410 e. The summed E-state index contributed by atoms with van der Waals surface area (Å²) in [6.07, 6.45) is 2.71. The number of nitriles is 1. The van der Waals surface area contributed by atoms with Crippen LogP contribution in [0.2, 0.25) is 0 Å². The summed E-state index contributed by atoms with van der Waals surface area (Å²) >= 11 is 0. The first kappa shape index (κ1) is 29.2. The minimum atomic E-state index is -2.57. The molecule has 1 unspecified atom stereocenters. The van der Waals surface area contributed by atoms with Crippen LogP contribution in [0.25, 0.3) is 0 Å². The van der Waals surface area contributed by atoms with Gasteiger partial charge in [-0.1, -0.05) is 19.8 Å². The first-order valence-corrected chi connectivity index (χ1v) is 14.2. The summed E-state index contributed by atoms with van der Waals surface area (Å²) in [7, 11) is 0. The third kappa shape index (κ3) is 6.03. The molecule has 0 saturated carbocycles. The predicted molar refractivity (Wildman–Crippen MR) is 143 cm³/mol. The van der Waals surface area contributed by atoms with Gasteiger partial charge >= 0.3 is 6.09 Å². The molecule has 1 atom stereocenters. The molecule has 0 aromatic carbocycles. The lowest BCUT2D eigenvalue weighted by molar-refractivity contribution is -0.136. The van der Waals surface area contributed by atoms with E-state index in [1.165, 1.54) is 4.90 Å². The number of unbranched alkanes of at least 4 members (excludes halogenated alkanes) is 1. The van der Waals surface area contributed by atoms with E-state index in [4.69, 9.17) is 10.00 Å². The Balaban J connectivity index is 1.39. The first-order valence-electron chi connectivity index (χ1n) is 14.2. The maximum absolute atomic E-state index is 13.4. The van der Waals surface area contributed by atoms with Crippen molar-refractivity contribution in [2.45, 2.75) is 90.2 Å². The zero-order chi connectivity index (χ0) is 28.4. The summed E-state index contributed by atoms with van der Waals surface area (Å²) in [5.41, 5.74) is 1.58. The van der Waals surface area contributed by atoms with Crippen LogP contribution in [0.5, 0.6) is 0 Å². The topological polar surface area (TPSA) is 89.8 Å². The van der Waals surface area contributed by atoms with Crippen LogP contribution in [-0.4, -0.2) is 88.5 Å². The number of ether oxygens (including phenoxy) is 1. The Morgan fingerprint density at radius 2 is 1.87 bits per heavy atom. The standard InChI is InChI=1S/C29H41F2N5O3/c1-5-6-7-22-18-35(19-24(30)31)27(38)39-29(22)10-14-36(15-11-29)28(4)8-12-34(13-9-28)26(37)25-20(2)16-23(17-32)33-21(25)3/h16,22,24H,5-15,18-19H2,1-4H3. The Bertz CT molecular complexity index is 1080. The molecular formula is C29H41F2N5O3. The van der Waals surface area contributed by atoms with Crippen LogP contribution in [0.15, 0.2) is 6.07 Å². The number of carbonyl (C=O) groups excluding carboxylic acids is 2. The molecule has 4 rings (SSSR count). The lowest BCUT2D eigenvalue weighted by Crippen LogP contribution is -2.63. The number of carbonyl (C=O) groups is 2. The monoisotopic (exact) mass is 545 g/mol. The molecule has 0 N–H and O–H groups in total. The van der Waals surface area contributed by atoms with Crippen molar-refractivity contribution in [3.63, 3.8) is 0 Å². The number of hydrogen-bond donors (Lipinski definition) is 0. The number of halogens is 2. The molecule has 4 heterocycles. The fraction of sp³-hybridized carbons (Fsp3) is 0.724. The molecule has 1 aromatic rings. The predicted octanol–water partition coefficient (Wildman–Crippen LogP) is 4.92. The van der Waals surface area contributed by atoms with E-state index in [2.05, 4.69) is 23.7 Å². The van der Waals surface area contributed by atoms with Gasteiger partial charge in [-0.15, -0.1) is 0 Å². The van der Waals surface area contributed by atoms with E-state index in [9.17, 15) is 18.4 Å². The van der Waals surface area contributed by atoms with Crippen molar-refractivity contribution in [3.8, 4) is 6.07 Å². The summed E-state index contributed by atoms with van der Waals surface area (Å²) < 4.78 is 32.1. The first-order chi connectivity index (χ1) is 18.5. The molecule has 3 aliphatic rings. The third-order valence-corrected chi connectivity index (χ3v) is 9.23. The van der Waals surface area contributed by atoms with Crippen molar-refractivity contribution >= 4 is 12.0 Å². The molecule has 214 valence electrons. The fourth-order valence-electron chi connectivity index (χ4n) is 6.76. The number of alkyl halides is 2. The lowest BCUT2D eigenvalue weighted by Gasteiger charge is -2.55. The highest BCUT2D eigenvalue weighted by molar-refractivity contribution is 5.96. The molecule has 10 heteroatoms. The van der Waals surface area contributed by atoms with E-state index in [-0.39, 0.29) is 17.4 Å². The van der Waals surface area contributed by atoms with Crippen molar-refractivity contribution in [2.24, 2.45) is 5.92 Å². The van der Waals surface area contributed by atoms with E-state index in [1.807, 2.05) is 17.9 Å². The quantitative estimate of drug-likeness (QED) is 0.483. The molecule has 39 heavy (non-hydrogen) atoms. The van der Waals surface area contributed by atoms with Crippen LogP contribution < -0.4 is 0 Å². The molecule has 1 spiro atoms. The van der Waals surface area contributed by atoms with Gasteiger partial charge in [0.25, 0.3) is 12.3 Å². The summed E-state index contributed by atoms with van der Waals surface area (Å²) in [6, 6.07) is 3.71. The van der Waals surface area contributed by atoms with Gasteiger partial charge in [-0.2, -0.15) is 5.26 Å². The normalized spacial score (nSPS) is 23.1. The fourth-order valence-corrected chi connectivity index (χ4v) is 6.76. The summed E-state index contributed by atoms with van der Waals surface area (Å²) in [6.45, 7) is 10.5. The zero-order valence-electron chi connectivity index (χ0n) is 23.6. The molecular weight excluding hydrogens is 504 g/mol. The molecule has 3 aliphatic heterocycles. The molecule has 0 bridgehead atoms. The van der Waals surface area contributed by atoms with Crippen molar-refractivity contribution in [3.05, 3.63) is 28.6 Å². The second kappa shape index (κ2) is 11.7. The van der Waals surface area contributed by atoms with Gasteiger partial charge in [0.05, 0.1) is 17.8 Å².